The van der Waals surface area contributed by atoms with Crippen LogP contribution in [0.4, 0.5) is 11.4 Å². The fourth-order valence-corrected chi connectivity index (χ4v) is 2.53. The van der Waals surface area contributed by atoms with Crippen LogP contribution in [0.1, 0.15) is 6.42 Å². The maximum absolute atomic E-state index is 12.3. The first kappa shape index (κ1) is 14.1. The molecule has 0 bridgehead atoms. The summed E-state index contributed by atoms with van der Waals surface area (Å²) in [5.41, 5.74) is 1.42. The Balaban J connectivity index is 1.67. The van der Waals surface area contributed by atoms with Crippen LogP contribution in [0.2, 0.25) is 0 Å². The summed E-state index contributed by atoms with van der Waals surface area (Å²) in [5.74, 6) is -0.458. The standard InChI is InChI=1S/C17H16N2O3/c20-15-8-6-13(7-9-15)18-17(22)12-10-16(21)19(11-12)14-4-2-1-3-5-14/h1-9,12,20H,10-11H2,(H,18,22)/t12-/m0/s1. The first-order valence-electron chi connectivity index (χ1n) is 7.09. The second kappa shape index (κ2) is 5.89. The van der Waals surface area contributed by atoms with E-state index in [0.29, 0.717) is 12.2 Å². The number of hydrogen-bond donors (Lipinski definition) is 2. The molecule has 1 aliphatic rings. The molecule has 5 nitrogen and oxygen atoms in total. The van der Waals surface area contributed by atoms with Crippen LogP contribution in [0.3, 0.4) is 0 Å². The number of para-hydroxylation sites is 1. The Hall–Kier alpha value is -2.82. The van der Waals surface area contributed by atoms with E-state index in [0.717, 1.165) is 5.69 Å². The lowest BCUT2D eigenvalue weighted by Gasteiger charge is -2.16. The molecule has 0 radical (unpaired) electrons. The van der Waals surface area contributed by atoms with Crippen molar-refractivity contribution in [1.82, 2.24) is 0 Å². The largest absolute Gasteiger partial charge is 0.508 e. The Morgan fingerprint density at radius 1 is 1.09 bits per heavy atom. The van der Waals surface area contributed by atoms with Crippen molar-refractivity contribution in [3.05, 3.63) is 54.6 Å². The highest BCUT2D eigenvalue weighted by Gasteiger charge is 2.35. The van der Waals surface area contributed by atoms with Crippen LogP contribution in [0.25, 0.3) is 0 Å². The van der Waals surface area contributed by atoms with Crippen molar-refractivity contribution in [3.63, 3.8) is 0 Å². The molecule has 5 heteroatoms. The van der Waals surface area contributed by atoms with Gasteiger partial charge in [-0.2, -0.15) is 0 Å². The lowest BCUT2D eigenvalue weighted by atomic mass is 10.1. The van der Waals surface area contributed by atoms with Crippen LogP contribution in [-0.2, 0) is 9.59 Å². The molecule has 0 spiro atoms. The quantitative estimate of drug-likeness (QED) is 0.854. The molecule has 1 saturated heterocycles. The zero-order valence-corrected chi connectivity index (χ0v) is 11.9. The number of hydrogen-bond acceptors (Lipinski definition) is 3. The van der Waals surface area contributed by atoms with Crippen LogP contribution in [-0.4, -0.2) is 23.5 Å². The summed E-state index contributed by atoms with van der Waals surface area (Å²) in [6, 6.07) is 15.6. The number of phenolic OH excluding ortho intramolecular Hbond substituents is 1. The van der Waals surface area contributed by atoms with E-state index in [9.17, 15) is 14.7 Å². The molecule has 1 fully saturated rings. The maximum atomic E-state index is 12.3. The normalized spacial score (nSPS) is 17.5. The molecule has 1 aliphatic heterocycles. The Morgan fingerprint density at radius 3 is 2.45 bits per heavy atom. The van der Waals surface area contributed by atoms with Crippen molar-refractivity contribution in [2.24, 2.45) is 5.92 Å². The van der Waals surface area contributed by atoms with Crippen molar-refractivity contribution < 1.29 is 14.7 Å². The van der Waals surface area contributed by atoms with E-state index in [4.69, 9.17) is 0 Å². The number of rotatable bonds is 3. The van der Waals surface area contributed by atoms with Crippen molar-refractivity contribution >= 4 is 23.2 Å². The number of carbonyl (C=O) groups is 2. The summed E-state index contributed by atoms with van der Waals surface area (Å²) in [6.07, 6.45) is 0.207. The number of anilines is 2. The molecule has 0 saturated carbocycles. The molecule has 112 valence electrons. The van der Waals surface area contributed by atoms with Crippen LogP contribution >= 0.6 is 0 Å². The number of nitrogens with zero attached hydrogens (tertiary/aromatic N) is 1. The van der Waals surface area contributed by atoms with E-state index in [1.807, 2.05) is 30.3 Å². The molecule has 2 aromatic carbocycles. The van der Waals surface area contributed by atoms with Crippen molar-refractivity contribution in [2.45, 2.75) is 6.42 Å². The molecule has 0 unspecified atom stereocenters. The molecule has 3 rings (SSSR count). The summed E-state index contributed by atoms with van der Waals surface area (Å²) in [6.45, 7) is 0.382. The first-order chi connectivity index (χ1) is 10.6. The zero-order valence-electron chi connectivity index (χ0n) is 11.9. The van der Waals surface area contributed by atoms with Gasteiger partial charge in [-0.25, -0.2) is 0 Å². The van der Waals surface area contributed by atoms with Gasteiger partial charge in [-0.15, -0.1) is 0 Å². The predicted octanol–water partition coefficient (Wildman–Crippen LogP) is 2.38. The molecule has 0 aliphatic carbocycles. The second-order valence-electron chi connectivity index (χ2n) is 5.28. The number of amides is 2. The molecular formula is C17H16N2O3. The fraction of sp³-hybridized carbons (Fsp3) is 0.176. The minimum absolute atomic E-state index is 0.0444. The van der Waals surface area contributed by atoms with E-state index in [1.54, 1.807) is 17.0 Å². The molecule has 1 heterocycles. The topological polar surface area (TPSA) is 69.6 Å². The van der Waals surface area contributed by atoms with Gasteiger partial charge in [0.1, 0.15) is 5.75 Å². The number of benzene rings is 2. The van der Waals surface area contributed by atoms with Gasteiger partial charge in [0.2, 0.25) is 11.8 Å². The molecular weight excluding hydrogens is 280 g/mol. The summed E-state index contributed by atoms with van der Waals surface area (Å²) >= 11 is 0. The van der Waals surface area contributed by atoms with Gasteiger partial charge < -0.3 is 15.3 Å². The van der Waals surface area contributed by atoms with Gasteiger partial charge in [-0.1, -0.05) is 18.2 Å². The van der Waals surface area contributed by atoms with Gasteiger partial charge in [0.15, 0.2) is 0 Å². The highest BCUT2D eigenvalue weighted by atomic mass is 16.3. The highest BCUT2D eigenvalue weighted by Crippen LogP contribution is 2.26. The number of aromatic hydroxyl groups is 1. The van der Waals surface area contributed by atoms with Gasteiger partial charge in [0.25, 0.3) is 0 Å². The van der Waals surface area contributed by atoms with Gasteiger partial charge in [-0.05, 0) is 36.4 Å². The average Bonchev–Trinajstić information content (AvgIpc) is 2.92. The van der Waals surface area contributed by atoms with Gasteiger partial charge in [0, 0.05) is 24.3 Å². The molecule has 22 heavy (non-hydrogen) atoms. The smallest absolute Gasteiger partial charge is 0.229 e. The van der Waals surface area contributed by atoms with Crippen molar-refractivity contribution in [3.8, 4) is 5.75 Å². The zero-order chi connectivity index (χ0) is 15.5. The summed E-state index contributed by atoms with van der Waals surface area (Å²) in [4.78, 5) is 26.0. The van der Waals surface area contributed by atoms with E-state index in [1.165, 1.54) is 12.1 Å². The third-order valence-corrected chi connectivity index (χ3v) is 3.70. The lowest BCUT2D eigenvalue weighted by Crippen LogP contribution is -2.28. The lowest BCUT2D eigenvalue weighted by molar-refractivity contribution is -0.122. The SMILES string of the molecule is O=C(Nc1ccc(O)cc1)[C@H]1CC(=O)N(c2ccccc2)C1. The van der Waals surface area contributed by atoms with Crippen LogP contribution in [0.15, 0.2) is 54.6 Å². The van der Waals surface area contributed by atoms with Gasteiger partial charge >= 0.3 is 0 Å². The van der Waals surface area contributed by atoms with Gasteiger partial charge in [-0.3, -0.25) is 9.59 Å². The van der Waals surface area contributed by atoms with Crippen LogP contribution < -0.4 is 10.2 Å². The third kappa shape index (κ3) is 2.93. The molecule has 1 atom stereocenters. The summed E-state index contributed by atoms with van der Waals surface area (Å²) in [5, 5.41) is 12.0. The minimum atomic E-state index is -0.374. The number of carbonyl (C=O) groups excluding carboxylic acids is 2. The van der Waals surface area contributed by atoms with E-state index in [2.05, 4.69) is 5.32 Å². The molecule has 2 N–H and O–H groups in total. The number of nitrogens with one attached hydrogen (secondary N) is 1. The third-order valence-electron chi connectivity index (χ3n) is 3.70. The maximum Gasteiger partial charge on any atom is 0.229 e. The highest BCUT2D eigenvalue weighted by molar-refractivity contribution is 6.03. The predicted molar refractivity (Wildman–Crippen MR) is 83.6 cm³/mol. The van der Waals surface area contributed by atoms with E-state index >= 15 is 0 Å². The summed E-state index contributed by atoms with van der Waals surface area (Å²) < 4.78 is 0. The second-order valence-corrected chi connectivity index (χ2v) is 5.28. The fourth-order valence-electron chi connectivity index (χ4n) is 2.53. The molecule has 0 aromatic heterocycles. The van der Waals surface area contributed by atoms with E-state index in [-0.39, 0.29) is 29.9 Å². The monoisotopic (exact) mass is 296 g/mol. The Bertz CT molecular complexity index is 683. The molecule has 2 amide bonds. The average molecular weight is 296 g/mol. The Morgan fingerprint density at radius 2 is 1.77 bits per heavy atom. The summed E-state index contributed by atoms with van der Waals surface area (Å²) in [7, 11) is 0. The van der Waals surface area contributed by atoms with Crippen molar-refractivity contribution in [1.29, 1.82) is 0 Å². The van der Waals surface area contributed by atoms with Crippen molar-refractivity contribution in [2.75, 3.05) is 16.8 Å². The Labute approximate surface area is 128 Å². The molecule has 2 aromatic rings. The van der Waals surface area contributed by atoms with Gasteiger partial charge in [0.05, 0.1) is 5.92 Å². The Kier molecular flexibility index (Phi) is 3.78. The van der Waals surface area contributed by atoms with E-state index < -0.39 is 0 Å². The van der Waals surface area contributed by atoms with Crippen LogP contribution in [0.5, 0.6) is 5.75 Å². The number of phenols is 1. The van der Waals surface area contributed by atoms with Crippen LogP contribution in [0, 0.1) is 5.92 Å². The first-order valence-corrected chi connectivity index (χ1v) is 7.09. The minimum Gasteiger partial charge on any atom is -0.508 e.